The monoisotopic (exact) mass is 293 g/mol. The Morgan fingerprint density at radius 2 is 2.38 bits per heavy atom. The van der Waals surface area contributed by atoms with Gasteiger partial charge in [0.2, 0.25) is 5.75 Å². The minimum Gasteiger partial charge on any atom is -0.504 e. The number of nitro benzene ring substituents is 1. The molecule has 0 fully saturated rings. The normalized spacial score (nSPS) is 10.7. The maximum Gasteiger partial charge on any atom is 0.323 e. The highest BCUT2D eigenvalue weighted by Gasteiger charge is 2.23. The zero-order chi connectivity index (χ0) is 15.4. The van der Waals surface area contributed by atoms with Crippen molar-refractivity contribution in [2.24, 2.45) is 5.10 Å². The Kier molecular flexibility index (Phi) is 3.83. The van der Waals surface area contributed by atoms with Gasteiger partial charge >= 0.3 is 5.69 Å². The molecule has 0 bridgehead atoms. The fourth-order valence-electron chi connectivity index (χ4n) is 1.55. The summed E-state index contributed by atoms with van der Waals surface area (Å²) in [5.41, 5.74) is 2.19. The molecule has 1 aromatic heterocycles. The number of hydrogen-bond acceptors (Lipinski definition) is 9. The fourth-order valence-corrected chi connectivity index (χ4v) is 1.55. The van der Waals surface area contributed by atoms with Crippen LogP contribution in [-0.2, 0) is 0 Å². The highest BCUT2D eigenvalue weighted by molar-refractivity contribution is 5.88. The lowest BCUT2D eigenvalue weighted by Crippen LogP contribution is -2.10. The van der Waals surface area contributed by atoms with E-state index in [2.05, 4.69) is 20.7 Å². The molecule has 2 rings (SSSR count). The minimum atomic E-state index is -0.675. The summed E-state index contributed by atoms with van der Waals surface area (Å²) in [6, 6.07) is 2.59. The Hall–Kier alpha value is -3.37. The third kappa shape index (κ3) is 2.80. The predicted octanol–water partition coefficient (Wildman–Crippen LogP) is 0.0603. The Bertz CT molecular complexity index is 697. The summed E-state index contributed by atoms with van der Waals surface area (Å²) in [5, 5.41) is 31.5. The molecule has 110 valence electrons. The van der Waals surface area contributed by atoms with Crippen LogP contribution >= 0.6 is 0 Å². The molecular weight excluding hydrogens is 282 g/mol. The molecule has 0 radical (unpaired) electrons. The molecule has 0 aliphatic rings. The van der Waals surface area contributed by atoms with Crippen molar-refractivity contribution in [2.75, 3.05) is 18.4 Å². The Morgan fingerprint density at radius 1 is 1.62 bits per heavy atom. The number of nitrogens with zero attached hydrogens (tertiary/aromatic N) is 5. The van der Waals surface area contributed by atoms with Gasteiger partial charge in [-0.25, -0.2) is 10.1 Å². The number of nitrogens with two attached hydrogens (primary N) is 1. The van der Waals surface area contributed by atoms with Crippen LogP contribution in [0.25, 0.3) is 0 Å². The van der Waals surface area contributed by atoms with E-state index in [1.165, 1.54) is 31.8 Å². The SMILES string of the molecule is COc1c(O)ccc(/C=N\Nc2nncn2N)c1[N+](=O)[O-]. The Balaban J connectivity index is 2.31. The molecule has 0 amide bonds. The van der Waals surface area contributed by atoms with Crippen molar-refractivity contribution < 1.29 is 14.8 Å². The number of nitrogens with one attached hydrogen (secondary N) is 1. The number of anilines is 1. The zero-order valence-corrected chi connectivity index (χ0v) is 10.8. The van der Waals surface area contributed by atoms with Crippen LogP contribution in [0.5, 0.6) is 11.5 Å². The summed E-state index contributed by atoms with van der Waals surface area (Å²) >= 11 is 0. The number of methoxy groups -OCH3 is 1. The van der Waals surface area contributed by atoms with Gasteiger partial charge in [-0.2, -0.15) is 5.10 Å². The van der Waals surface area contributed by atoms with Crippen LogP contribution in [0.4, 0.5) is 11.6 Å². The molecule has 2 aromatic rings. The van der Waals surface area contributed by atoms with Gasteiger partial charge in [0.05, 0.1) is 23.8 Å². The molecule has 0 saturated heterocycles. The lowest BCUT2D eigenvalue weighted by Gasteiger charge is -2.06. The molecule has 1 aromatic carbocycles. The lowest BCUT2D eigenvalue weighted by molar-refractivity contribution is -0.385. The summed E-state index contributed by atoms with van der Waals surface area (Å²) in [4.78, 5) is 10.4. The minimum absolute atomic E-state index is 0.130. The van der Waals surface area contributed by atoms with Gasteiger partial charge in [-0.3, -0.25) is 10.1 Å². The first-order valence-electron chi connectivity index (χ1n) is 5.53. The van der Waals surface area contributed by atoms with E-state index >= 15 is 0 Å². The molecule has 0 unspecified atom stereocenters. The number of phenols is 1. The van der Waals surface area contributed by atoms with Crippen LogP contribution in [-0.4, -0.2) is 38.2 Å². The van der Waals surface area contributed by atoms with Crippen molar-refractivity contribution in [3.8, 4) is 11.5 Å². The van der Waals surface area contributed by atoms with Crippen molar-refractivity contribution in [2.45, 2.75) is 0 Å². The van der Waals surface area contributed by atoms with Gasteiger partial charge in [0.25, 0.3) is 5.95 Å². The number of ether oxygens (including phenoxy) is 1. The van der Waals surface area contributed by atoms with Crippen molar-refractivity contribution in [1.29, 1.82) is 0 Å². The number of nitrogen functional groups attached to an aromatic ring is 1. The highest BCUT2D eigenvalue weighted by atomic mass is 16.6. The second kappa shape index (κ2) is 5.73. The third-order valence-corrected chi connectivity index (χ3v) is 2.47. The summed E-state index contributed by atoms with van der Waals surface area (Å²) in [7, 11) is 1.22. The number of aromatic hydroxyl groups is 1. The third-order valence-electron chi connectivity index (χ3n) is 2.47. The second-order valence-electron chi connectivity index (χ2n) is 3.74. The topological polar surface area (TPSA) is 154 Å². The number of aromatic nitrogens is 3. The molecule has 21 heavy (non-hydrogen) atoms. The number of rotatable bonds is 5. The zero-order valence-electron chi connectivity index (χ0n) is 10.8. The first kappa shape index (κ1) is 14.0. The average molecular weight is 293 g/mol. The molecule has 4 N–H and O–H groups in total. The van der Waals surface area contributed by atoms with Gasteiger partial charge in [0, 0.05) is 0 Å². The molecule has 11 nitrogen and oxygen atoms in total. The fraction of sp³-hybridized carbons (Fsp3) is 0.100. The van der Waals surface area contributed by atoms with Crippen molar-refractivity contribution in [3.63, 3.8) is 0 Å². The molecule has 0 spiro atoms. The quantitative estimate of drug-likeness (QED) is 0.302. The molecule has 1 heterocycles. The van der Waals surface area contributed by atoms with Crippen LogP contribution in [0, 0.1) is 10.1 Å². The van der Waals surface area contributed by atoms with E-state index in [4.69, 9.17) is 10.6 Å². The van der Waals surface area contributed by atoms with E-state index in [1.54, 1.807) is 0 Å². The summed E-state index contributed by atoms with van der Waals surface area (Å²) < 4.78 is 5.92. The van der Waals surface area contributed by atoms with Gasteiger partial charge in [-0.15, -0.1) is 10.2 Å². The van der Waals surface area contributed by atoms with Crippen LogP contribution in [0.15, 0.2) is 23.6 Å². The predicted molar refractivity (Wildman–Crippen MR) is 72.7 cm³/mol. The van der Waals surface area contributed by atoms with Crippen LogP contribution in [0.1, 0.15) is 5.56 Å². The molecule has 0 saturated carbocycles. The van der Waals surface area contributed by atoms with Gasteiger partial charge in [-0.05, 0) is 12.1 Å². The second-order valence-corrected chi connectivity index (χ2v) is 3.74. The largest absolute Gasteiger partial charge is 0.504 e. The van der Waals surface area contributed by atoms with Crippen molar-refractivity contribution in [1.82, 2.24) is 14.9 Å². The maximum atomic E-state index is 11.1. The van der Waals surface area contributed by atoms with Crippen LogP contribution in [0.2, 0.25) is 0 Å². The molecule has 0 aliphatic heterocycles. The van der Waals surface area contributed by atoms with Crippen molar-refractivity contribution >= 4 is 17.9 Å². The first-order chi connectivity index (χ1) is 10.0. The number of phenolic OH excluding ortho intramolecular Hbond substituents is 1. The molecular formula is C10H11N7O4. The molecule has 0 aliphatic carbocycles. The van der Waals surface area contributed by atoms with E-state index in [9.17, 15) is 15.2 Å². The number of hydrogen-bond donors (Lipinski definition) is 3. The van der Waals surface area contributed by atoms with Gasteiger partial charge in [0.1, 0.15) is 6.33 Å². The standard InChI is InChI=1S/C10H11N7O4/c1-21-9-7(18)3-2-6(8(9)17(19)20)4-12-14-10-15-13-5-16(10)11/h2-5,18H,11H2,1H3,(H,14,15)/b12-4-. The van der Waals surface area contributed by atoms with Gasteiger partial charge in [0.15, 0.2) is 5.75 Å². The van der Waals surface area contributed by atoms with Gasteiger partial charge in [-0.1, -0.05) is 0 Å². The van der Waals surface area contributed by atoms with Gasteiger partial charge < -0.3 is 15.7 Å². The van der Waals surface area contributed by atoms with E-state index in [-0.39, 0.29) is 23.0 Å². The lowest BCUT2D eigenvalue weighted by atomic mass is 10.1. The Morgan fingerprint density at radius 3 is 2.95 bits per heavy atom. The molecule has 0 atom stereocenters. The highest BCUT2D eigenvalue weighted by Crippen LogP contribution is 2.37. The number of nitro groups is 1. The number of hydrazone groups is 1. The first-order valence-corrected chi connectivity index (χ1v) is 5.53. The summed E-state index contributed by atoms with van der Waals surface area (Å²) in [5.74, 6) is 5.03. The van der Waals surface area contributed by atoms with E-state index in [0.29, 0.717) is 0 Å². The van der Waals surface area contributed by atoms with E-state index < -0.39 is 10.6 Å². The van der Waals surface area contributed by atoms with Crippen LogP contribution < -0.4 is 16.0 Å². The van der Waals surface area contributed by atoms with E-state index in [1.807, 2.05) is 0 Å². The van der Waals surface area contributed by atoms with E-state index in [0.717, 1.165) is 4.68 Å². The summed E-state index contributed by atoms with van der Waals surface area (Å²) in [6.07, 6.45) is 2.43. The number of benzene rings is 1. The summed E-state index contributed by atoms with van der Waals surface area (Å²) in [6.45, 7) is 0. The molecule has 11 heteroatoms. The smallest absolute Gasteiger partial charge is 0.323 e. The Labute approximate surface area is 117 Å². The van der Waals surface area contributed by atoms with Crippen LogP contribution in [0.3, 0.4) is 0 Å². The van der Waals surface area contributed by atoms with Crippen molar-refractivity contribution in [3.05, 3.63) is 34.1 Å². The average Bonchev–Trinajstić information content (AvgIpc) is 2.85. The maximum absolute atomic E-state index is 11.1.